The van der Waals surface area contributed by atoms with Crippen LogP contribution in [0.1, 0.15) is 38.5 Å². The summed E-state index contributed by atoms with van der Waals surface area (Å²) < 4.78 is 0. The zero-order chi connectivity index (χ0) is 21.7. The van der Waals surface area contributed by atoms with Crippen LogP contribution in [0.3, 0.4) is 0 Å². The van der Waals surface area contributed by atoms with E-state index < -0.39 is 0 Å². The zero-order valence-electron chi connectivity index (χ0n) is 19.1. The van der Waals surface area contributed by atoms with Crippen molar-refractivity contribution in [3.63, 3.8) is 0 Å². The van der Waals surface area contributed by atoms with E-state index in [2.05, 4.69) is 42.4 Å². The van der Waals surface area contributed by atoms with Crippen LogP contribution in [-0.2, 0) is 0 Å². The first-order chi connectivity index (χ1) is 15.1. The van der Waals surface area contributed by atoms with Gasteiger partial charge in [-0.15, -0.1) is 0 Å². The summed E-state index contributed by atoms with van der Waals surface area (Å²) in [7, 11) is 4.12. The molecule has 1 aromatic heterocycles. The first-order valence-corrected chi connectivity index (χ1v) is 12.2. The number of piperidine rings is 2. The Balaban J connectivity index is 1.34. The molecule has 4 rings (SSSR count). The molecule has 0 aromatic carbocycles. The van der Waals surface area contributed by atoms with Crippen molar-refractivity contribution in [3.05, 3.63) is 23.4 Å². The van der Waals surface area contributed by atoms with E-state index in [0.717, 1.165) is 42.9 Å². The van der Waals surface area contributed by atoms with E-state index in [1.165, 1.54) is 58.3 Å². The van der Waals surface area contributed by atoms with Gasteiger partial charge in [0, 0.05) is 44.5 Å². The molecular formula is C23H38ClN7. The molecule has 31 heavy (non-hydrogen) atoms. The summed E-state index contributed by atoms with van der Waals surface area (Å²) >= 11 is 6.35. The second kappa shape index (κ2) is 10.4. The third kappa shape index (κ3) is 5.44. The molecule has 172 valence electrons. The van der Waals surface area contributed by atoms with Gasteiger partial charge in [0.05, 0.1) is 5.02 Å². The minimum absolute atomic E-state index is 0.244. The summed E-state index contributed by atoms with van der Waals surface area (Å²) in [6.07, 6.45) is 9.35. The molecule has 2 N–H and O–H groups in total. The maximum atomic E-state index is 6.35. The summed E-state index contributed by atoms with van der Waals surface area (Å²) in [5, 5.41) is 8.07. The van der Waals surface area contributed by atoms with Gasteiger partial charge in [0.25, 0.3) is 0 Å². The van der Waals surface area contributed by atoms with Crippen LogP contribution in [0, 0.1) is 0 Å². The van der Waals surface area contributed by atoms with Gasteiger partial charge < -0.3 is 20.4 Å². The summed E-state index contributed by atoms with van der Waals surface area (Å²) in [5.74, 6) is 1.79. The predicted octanol–water partition coefficient (Wildman–Crippen LogP) is 2.43. The Labute approximate surface area is 192 Å². The number of pyridine rings is 1. The molecule has 7 nitrogen and oxygen atoms in total. The summed E-state index contributed by atoms with van der Waals surface area (Å²) in [4.78, 5) is 16.5. The third-order valence-corrected chi connectivity index (χ3v) is 7.62. The SMILES string of the molecule is CN=C(NCC1(N2CCCCC2)CCN(C)CC1)NC1CCN(c2ncccc2Cl)C1. The van der Waals surface area contributed by atoms with E-state index in [4.69, 9.17) is 11.6 Å². The molecule has 3 fully saturated rings. The summed E-state index contributed by atoms with van der Waals surface area (Å²) in [6.45, 7) is 7.62. The second-order valence-electron chi connectivity index (χ2n) is 9.39. The highest BCUT2D eigenvalue weighted by Crippen LogP contribution is 2.31. The van der Waals surface area contributed by atoms with Crippen LogP contribution in [0.2, 0.25) is 5.02 Å². The number of halogens is 1. The van der Waals surface area contributed by atoms with E-state index in [9.17, 15) is 0 Å². The molecule has 0 spiro atoms. The molecule has 1 atom stereocenters. The maximum Gasteiger partial charge on any atom is 0.191 e. The molecule has 0 amide bonds. The molecule has 8 heteroatoms. The number of anilines is 1. The van der Waals surface area contributed by atoms with Gasteiger partial charge in [-0.05, 0) is 77.5 Å². The van der Waals surface area contributed by atoms with Gasteiger partial charge >= 0.3 is 0 Å². The van der Waals surface area contributed by atoms with Gasteiger partial charge in [-0.3, -0.25) is 9.89 Å². The molecule has 3 aliphatic heterocycles. The number of hydrogen-bond acceptors (Lipinski definition) is 5. The number of aromatic nitrogens is 1. The molecule has 0 saturated carbocycles. The van der Waals surface area contributed by atoms with E-state index in [-0.39, 0.29) is 5.54 Å². The van der Waals surface area contributed by atoms with E-state index >= 15 is 0 Å². The quantitative estimate of drug-likeness (QED) is 0.534. The second-order valence-corrected chi connectivity index (χ2v) is 9.79. The molecular weight excluding hydrogens is 410 g/mol. The van der Waals surface area contributed by atoms with Crippen molar-refractivity contribution >= 4 is 23.4 Å². The summed E-state index contributed by atoms with van der Waals surface area (Å²) in [6, 6.07) is 4.13. The fourth-order valence-electron chi connectivity index (χ4n) is 5.32. The lowest BCUT2D eigenvalue weighted by Crippen LogP contribution is -2.62. The number of hydrogen-bond donors (Lipinski definition) is 2. The Morgan fingerprint density at radius 2 is 1.97 bits per heavy atom. The largest absolute Gasteiger partial charge is 0.355 e. The van der Waals surface area contributed by atoms with Crippen molar-refractivity contribution in [2.75, 3.05) is 64.8 Å². The van der Waals surface area contributed by atoms with Crippen molar-refractivity contribution in [1.29, 1.82) is 0 Å². The molecule has 0 bridgehead atoms. The standard InChI is InChI=1S/C23H38ClN7/c1-25-22(28-19-8-14-30(17-19)21-20(24)7-6-11-26-21)27-18-23(9-15-29(2)16-10-23)31-12-4-3-5-13-31/h6-7,11,19H,3-5,8-10,12-18H2,1-2H3,(H2,25,27,28). The van der Waals surface area contributed by atoms with E-state index in [0.29, 0.717) is 6.04 Å². The molecule has 3 aliphatic rings. The smallest absolute Gasteiger partial charge is 0.191 e. The van der Waals surface area contributed by atoms with Crippen LogP contribution < -0.4 is 15.5 Å². The predicted molar refractivity (Wildman–Crippen MR) is 129 cm³/mol. The first kappa shape index (κ1) is 22.6. The van der Waals surface area contributed by atoms with Gasteiger partial charge in [-0.2, -0.15) is 0 Å². The number of nitrogens with zero attached hydrogens (tertiary/aromatic N) is 5. The van der Waals surface area contributed by atoms with Crippen LogP contribution in [-0.4, -0.2) is 92.2 Å². The molecule has 0 aliphatic carbocycles. The van der Waals surface area contributed by atoms with Crippen LogP contribution in [0.5, 0.6) is 0 Å². The van der Waals surface area contributed by atoms with E-state index in [1.807, 2.05) is 25.4 Å². The fraction of sp³-hybridized carbons (Fsp3) is 0.739. The average molecular weight is 448 g/mol. The average Bonchev–Trinajstić information content (AvgIpc) is 3.27. The van der Waals surface area contributed by atoms with Crippen molar-refractivity contribution < 1.29 is 0 Å². The Morgan fingerprint density at radius 3 is 2.68 bits per heavy atom. The Morgan fingerprint density at radius 1 is 1.19 bits per heavy atom. The molecule has 1 aromatic rings. The lowest BCUT2D eigenvalue weighted by molar-refractivity contribution is 0.0173. The lowest BCUT2D eigenvalue weighted by atomic mass is 9.84. The van der Waals surface area contributed by atoms with Crippen molar-refractivity contribution in [2.24, 2.45) is 4.99 Å². The highest BCUT2D eigenvalue weighted by molar-refractivity contribution is 6.32. The maximum absolute atomic E-state index is 6.35. The zero-order valence-corrected chi connectivity index (χ0v) is 19.9. The van der Waals surface area contributed by atoms with Crippen LogP contribution in [0.25, 0.3) is 0 Å². The molecule has 4 heterocycles. The van der Waals surface area contributed by atoms with Crippen molar-refractivity contribution in [2.45, 2.75) is 50.1 Å². The number of nitrogens with one attached hydrogen (secondary N) is 2. The van der Waals surface area contributed by atoms with Crippen LogP contribution in [0.15, 0.2) is 23.3 Å². The van der Waals surface area contributed by atoms with Gasteiger partial charge in [-0.1, -0.05) is 18.0 Å². The Bertz CT molecular complexity index is 741. The molecule has 0 radical (unpaired) electrons. The molecule has 3 saturated heterocycles. The minimum Gasteiger partial charge on any atom is -0.355 e. The normalized spacial score (nSPS) is 25.6. The fourth-order valence-corrected chi connectivity index (χ4v) is 5.57. The van der Waals surface area contributed by atoms with Gasteiger partial charge in [0.2, 0.25) is 0 Å². The van der Waals surface area contributed by atoms with Gasteiger partial charge in [0.15, 0.2) is 5.96 Å². The van der Waals surface area contributed by atoms with Crippen LogP contribution in [0.4, 0.5) is 5.82 Å². The number of aliphatic imine (C=N–C) groups is 1. The summed E-state index contributed by atoms with van der Waals surface area (Å²) in [5.41, 5.74) is 0.244. The number of guanidine groups is 1. The molecule has 1 unspecified atom stereocenters. The van der Waals surface area contributed by atoms with Crippen molar-refractivity contribution in [1.82, 2.24) is 25.4 Å². The van der Waals surface area contributed by atoms with E-state index in [1.54, 1.807) is 0 Å². The number of rotatable bonds is 5. The van der Waals surface area contributed by atoms with Crippen LogP contribution >= 0.6 is 11.6 Å². The first-order valence-electron chi connectivity index (χ1n) is 11.9. The monoisotopic (exact) mass is 447 g/mol. The highest BCUT2D eigenvalue weighted by atomic mass is 35.5. The minimum atomic E-state index is 0.244. The highest BCUT2D eigenvalue weighted by Gasteiger charge is 2.39. The lowest BCUT2D eigenvalue weighted by Gasteiger charge is -2.50. The topological polar surface area (TPSA) is 59.0 Å². The Kier molecular flexibility index (Phi) is 7.56. The third-order valence-electron chi connectivity index (χ3n) is 7.32. The number of likely N-dealkylation sites (tertiary alicyclic amines) is 2. The van der Waals surface area contributed by atoms with Gasteiger partial charge in [0.1, 0.15) is 5.82 Å². The van der Waals surface area contributed by atoms with Crippen molar-refractivity contribution in [3.8, 4) is 0 Å². The Hall–Kier alpha value is -1.57. The van der Waals surface area contributed by atoms with Gasteiger partial charge in [-0.25, -0.2) is 4.98 Å².